The minimum atomic E-state index is -1.44. The Balaban J connectivity index is 1.83. The molecule has 2 rings (SSSR count). The normalized spacial score (nSPS) is 10.6. The van der Waals surface area contributed by atoms with E-state index in [-0.39, 0.29) is 35.4 Å². The van der Waals surface area contributed by atoms with Crippen LogP contribution in [0.2, 0.25) is 5.02 Å². The van der Waals surface area contributed by atoms with Crippen molar-refractivity contribution in [1.29, 1.82) is 0 Å². The number of hydrogen-bond acceptors (Lipinski definition) is 4. The van der Waals surface area contributed by atoms with Crippen LogP contribution in [0.15, 0.2) is 36.4 Å². The molecule has 0 spiro atoms. The smallest absolute Gasteiger partial charge is 0.407 e. The van der Waals surface area contributed by atoms with Crippen LogP contribution >= 0.6 is 11.6 Å². The van der Waals surface area contributed by atoms with Gasteiger partial charge in [0.05, 0.1) is 11.6 Å². The summed E-state index contributed by atoms with van der Waals surface area (Å²) in [7, 11) is 0. The van der Waals surface area contributed by atoms with Gasteiger partial charge in [0.2, 0.25) is 0 Å². The highest BCUT2D eigenvalue weighted by Crippen LogP contribution is 2.31. The fraction of sp³-hybridized carbons (Fsp3) is 0.278. The van der Waals surface area contributed by atoms with Crippen LogP contribution in [-0.2, 0) is 4.74 Å². The van der Waals surface area contributed by atoms with Gasteiger partial charge < -0.3 is 19.5 Å². The molecule has 10 heteroatoms. The van der Waals surface area contributed by atoms with Gasteiger partial charge in [-0.3, -0.25) is 0 Å². The van der Waals surface area contributed by atoms with Gasteiger partial charge in [0.15, 0.2) is 6.10 Å². The maximum Gasteiger partial charge on any atom is 0.407 e. The van der Waals surface area contributed by atoms with Crippen LogP contribution in [0.4, 0.5) is 22.4 Å². The van der Waals surface area contributed by atoms with Gasteiger partial charge in [-0.25, -0.2) is 22.4 Å². The van der Waals surface area contributed by atoms with Gasteiger partial charge in [-0.2, -0.15) is 0 Å². The Morgan fingerprint density at radius 2 is 1.71 bits per heavy atom. The van der Waals surface area contributed by atoms with Crippen molar-refractivity contribution in [3.8, 4) is 17.2 Å². The van der Waals surface area contributed by atoms with Crippen LogP contribution in [0.1, 0.15) is 0 Å². The highest BCUT2D eigenvalue weighted by molar-refractivity contribution is 6.32. The van der Waals surface area contributed by atoms with Gasteiger partial charge in [0, 0.05) is 24.3 Å². The van der Waals surface area contributed by atoms with Gasteiger partial charge in [-0.1, -0.05) is 11.6 Å². The number of alkyl carbamates (subject to hydrolysis) is 1. The number of hydrogen-bond donors (Lipinski definition) is 1. The Hall–Kier alpha value is -2.68. The molecule has 2 aromatic carbocycles. The molecule has 0 radical (unpaired) electrons. The summed E-state index contributed by atoms with van der Waals surface area (Å²) in [5.41, 5.74) is 0. The predicted octanol–water partition coefficient (Wildman–Crippen LogP) is 4.82. The van der Waals surface area contributed by atoms with E-state index in [0.29, 0.717) is 0 Å². The zero-order chi connectivity index (χ0) is 20.5. The van der Waals surface area contributed by atoms with Crippen LogP contribution in [0.3, 0.4) is 0 Å². The van der Waals surface area contributed by atoms with E-state index >= 15 is 0 Å². The molecule has 5 nitrogen and oxygen atoms in total. The molecule has 1 N–H and O–H groups in total. The van der Waals surface area contributed by atoms with Gasteiger partial charge in [-0.15, -0.1) is 0 Å². The molecule has 0 bridgehead atoms. The maximum atomic E-state index is 13.2. The van der Waals surface area contributed by atoms with Gasteiger partial charge in [0.1, 0.15) is 48.8 Å². The van der Waals surface area contributed by atoms with E-state index in [1.54, 1.807) is 0 Å². The lowest BCUT2D eigenvalue weighted by atomic mass is 10.3. The molecule has 0 atom stereocenters. The number of nitrogens with one attached hydrogen (secondary N) is 1. The first-order valence-corrected chi connectivity index (χ1v) is 8.41. The number of alkyl halides is 2. The third kappa shape index (κ3) is 6.80. The number of benzene rings is 2. The van der Waals surface area contributed by atoms with Crippen molar-refractivity contribution < 1.29 is 36.6 Å². The Morgan fingerprint density at radius 3 is 2.32 bits per heavy atom. The molecule has 2 aromatic rings. The monoisotopic (exact) mass is 421 g/mol. The van der Waals surface area contributed by atoms with Gasteiger partial charge >= 0.3 is 6.09 Å². The van der Waals surface area contributed by atoms with E-state index < -0.39 is 37.2 Å². The summed E-state index contributed by atoms with van der Waals surface area (Å²) in [6, 6.07) is 7.07. The number of halogens is 5. The van der Waals surface area contributed by atoms with E-state index in [4.69, 9.17) is 21.1 Å². The quantitative estimate of drug-likeness (QED) is 0.466. The highest BCUT2D eigenvalue weighted by atomic mass is 35.5. The second-order valence-corrected chi connectivity index (χ2v) is 5.82. The van der Waals surface area contributed by atoms with E-state index in [1.807, 2.05) is 0 Å². The Morgan fingerprint density at radius 1 is 1.04 bits per heavy atom. The molecule has 0 unspecified atom stereocenters. The number of amides is 1. The molecule has 0 aliphatic rings. The second-order valence-electron chi connectivity index (χ2n) is 5.41. The average Bonchev–Trinajstić information content (AvgIpc) is 2.63. The Kier molecular flexibility index (Phi) is 8.19. The van der Waals surface area contributed by atoms with Crippen molar-refractivity contribution in [1.82, 2.24) is 5.32 Å². The Labute approximate surface area is 163 Å². The van der Waals surface area contributed by atoms with E-state index in [9.17, 15) is 22.4 Å². The SMILES string of the molecule is O=C(NCCOc1ccc(Oc2cc(F)cc(F)c2)cc1Cl)OC(CF)CF. The third-order valence-electron chi connectivity index (χ3n) is 3.22. The molecule has 152 valence electrons. The topological polar surface area (TPSA) is 56.8 Å². The fourth-order valence-electron chi connectivity index (χ4n) is 2.00. The minimum Gasteiger partial charge on any atom is -0.490 e. The molecular formula is C18H16ClF4NO4. The van der Waals surface area contributed by atoms with E-state index in [0.717, 1.165) is 18.2 Å². The van der Waals surface area contributed by atoms with E-state index in [2.05, 4.69) is 10.1 Å². The minimum absolute atomic E-state index is 0.0000478. The molecule has 0 heterocycles. The summed E-state index contributed by atoms with van der Waals surface area (Å²) in [5, 5.41) is 2.43. The van der Waals surface area contributed by atoms with Crippen molar-refractivity contribution in [3.63, 3.8) is 0 Å². The van der Waals surface area contributed by atoms with E-state index in [1.165, 1.54) is 18.2 Å². The largest absolute Gasteiger partial charge is 0.490 e. The summed E-state index contributed by atoms with van der Waals surface area (Å²) < 4.78 is 66.0. The lowest BCUT2D eigenvalue weighted by molar-refractivity contribution is 0.0650. The van der Waals surface area contributed by atoms with Crippen molar-refractivity contribution in [2.75, 3.05) is 26.5 Å². The van der Waals surface area contributed by atoms with Crippen molar-refractivity contribution in [2.45, 2.75) is 6.10 Å². The summed E-state index contributed by atoms with van der Waals surface area (Å²) in [5.74, 6) is -1.11. The average molecular weight is 422 g/mol. The van der Waals surface area contributed by atoms with Crippen LogP contribution in [0.25, 0.3) is 0 Å². The standard InChI is InChI=1S/C18H16ClF4NO4/c19-16-8-13(27-14-6-11(22)5-12(23)7-14)1-2-17(16)26-4-3-24-18(25)28-15(9-20)10-21/h1-2,5-8,15H,3-4,9-10H2,(H,24,25). The zero-order valence-electron chi connectivity index (χ0n) is 14.4. The fourth-order valence-corrected chi connectivity index (χ4v) is 2.22. The summed E-state index contributed by atoms with van der Waals surface area (Å²) >= 11 is 6.06. The van der Waals surface area contributed by atoms with Gasteiger partial charge in [0.25, 0.3) is 0 Å². The zero-order valence-corrected chi connectivity index (χ0v) is 15.1. The lowest BCUT2D eigenvalue weighted by Gasteiger charge is -2.13. The second kappa shape index (κ2) is 10.6. The van der Waals surface area contributed by atoms with Crippen molar-refractivity contribution in [3.05, 3.63) is 53.1 Å². The summed E-state index contributed by atoms with van der Waals surface area (Å²) in [4.78, 5) is 11.3. The number of carbonyl (C=O) groups excluding carboxylic acids is 1. The molecule has 0 aromatic heterocycles. The molecule has 0 aliphatic heterocycles. The van der Waals surface area contributed by atoms with Crippen LogP contribution < -0.4 is 14.8 Å². The summed E-state index contributed by atoms with van der Waals surface area (Å²) in [6.45, 7) is -2.24. The lowest BCUT2D eigenvalue weighted by Crippen LogP contribution is -2.33. The first kappa shape index (κ1) is 21.6. The first-order chi connectivity index (χ1) is 13.4. The predicted molar refractivity (Wildman–Crippen MR) is 93.6 cm³/mol. The van der Waals surface area contributed by atoms with Gasteiger partial charge in [-0.05, 0) is 12.1 Å². The van der Waals surface area contributed by atoms with Crippen LogP contribution in [0.5, 0.6) is 17.2 Å². The van der Waals surface area contributed by atoms with Crippen LogP contribution in [-0.4, -0.2) is 38.7 Å². The van der Waals surface area contributed by atoms with Crippen molar-refractivity contribution in [2.24, 2.45) is 0 Å². The molecule has 1 amide bonds. The molecule has 0 saturated heterocycles. The number of carbonyl (C=O) groups is 1. The number of rotatable bonds is 9. The molecule has 28 heavy (non-hydrogen) atoms. The highest BCUT2D eigenvalue weighted by Gasteiger charge is 2.13. The molecular weight excluding hydrogens is 406 g/mol. The molecule has 0 fully saturated rings. The van der Waals surface area contributed by atoms with Crippen LogP contribution in [0, 0.1) is 11.6 Å². The first-order valence-electron chi connectivity index (χ1n) is 8.04. The molecule has 0 aliphatic carbocycles. The number of ether oxygens (including phenoxy) is 3. The molecule has 0 saturated carbocycles. The summed E-state index contributed by atoms with van der Waals surface area (Å²) in [6.07, 6.45) is -2.41. The van der Waals surface area contributed by atoms with Crippen molar-refractivity contribution >= 4 is 17.7 Å². The maximum absolute atomic E-state index is 13.2. The Bertz CT molecular complexity index is 785. The third-order valence-corrected chi connectivity index (χ3v) is 3.52.